The molecule has 2 heterocycles. The summed E-state index contributed by atoms with van der Waals surface area (Å²) in [5.41, 5.74) is -0.312. The molecule has 0 radical (unpaired) electrons. The predicted octanol–water partition coefficient (Wildman–Crippen LogP) is 2.61. The lowest BCUT2D eigenvalue weighted by molar-refractivity contribution is -0.385. The first kappa shape index (κ1) is 15.1. The maximum Gasteiger partial charge on any atom is 0.300 e. The van der Waals surface area contributed by atoms with Crippen molar-refractivity contribution >= 4 is 35.0 Å². The minimum Gasteiger partial charge on any atom is -0.336 e. The van der Waals surface area contributed by atoms with Gasteiger partial charge in [-0.1, -0.05) is 11.6 Å². The molecule has 1 aliphatic heterocycles. The monoisotopic (exact) mass is 315 g/mol. The van der Waals surface area contributed by atoms with E-state index in [1.54, 1.807) is 16.7 Å². The van der Waals surface area contributed by atoms with Gasteiger partial charge in [0.15, 0.2) is 0 Å². The van der Waals surface area contributed by atoms with E-state index in [-0.39, 0.29) is 27.1 Å². The van der Waals surface area contributed by atoms with Crippen molar-refractivity contribution < 1.29 is 9.72 Å². The topological polar surface area (TPSA) is 76.3 Å². The maximum absolute atomic E-state index is 12.5. The number of pyridine rings is 1. The van der Waals surface area contributed by atoms with Gasteiger partial charge < -0.3 is 4.90 Å². The largest absolute Gasteiger partial charge is 0.336 e. The highest BCUT2D eigenvalue weighted by Crippen LogP contribution is 2.31. The first-order valence-corrected chi connectivity index (χ1v) is 7.40. The minimum atomic E-state index is -0.611. The molecule has 2 rings (SSSR count). The van der Waals surface area contributed by atoms with E-state index < -0.39 is 4.92 Å². The zero-order valence-corrected chi connectivity index (χ0v) is 12.7. The lowest BCUT2D eigenvalue weighted by atomic mass is 10.1. The van der Waals surface area contributed by atoms with Gasteiger partial charge in [-0.3, -0.25) is 14.9 Å². The molecule has 1 saturated heterocycles. The summed E-state index contributed by atoms with van der Waals surface area (Å²) in [5, 5.41) is 11.1. The van der Waals surface area contributed by atoms with Crippen molar-refractivity contribution in [3.05, 3.63) is 33.1 Å². The first-order valence-electron chi connectivity index (χ1n) is 6.03. The highest BCUT2D eigenvalue weighted by molar-refractivity contribution is 8.00. The number of amides is 1. The summed E-state index contributed by atoms with van der Waals surface area (Å²) in [4.78, 5) is 28.2. The molecule has 0 saturated carbocycles. The van der Waals surface area contributed by atoms with Crippen molar-refractivity contribution in [1.29, 1.82) is 0 Å². The Morgan fingerprint density at radius 1 is 1.60 bits per heavy atom. The van der Waals surface area contributed by atoms with Crippen molar-refractivity contribution in [3.63, 3.8) is 0 Å². The van der Waals surface area contributed by atoms with E-state index in [1.165, 1.54) is 6.07 Å². The quantitative estimate of drug-likeness (QED) is 0.476. The molecular weight excluding hydrogens is 302 g/mol. The Labute approximate surface area is 125 Å². The molecule has 0 spiro atoms. The molecule has 1 fully saturated rings. The van der Waals surface area contributed by atoms with Crippen LogP contribution in [0.15, 0.2) is 12.3 Å². The summed E-state index contributed by atoms with van der Waals surface area (Å²) in [7, 11) is 0. The zero-order chi connectivity index (χ0) is 14.9. The number of carbonyl (C=O) groups excluding carboxylic acids is 1. The Morgan fingerprint density at radius 3 is 2.90 bits per heavy atom. The molecule has 1 amide bonds. The number of nitro groups is 1. The summed E-state index contributed by atoms with van der Waals surface area (Å²) in [6.45, 7) is 5.22. The van der Waals surface area contributed by atoms with Gasteiger partial charge in [0, 0.05) is 23.6 Å². The van der Waals surface area contributed by atoms with Crippen LogP contribution in [0.4, 0.5) is 5.69 Å². The highest BCUT2D eigenvalue weighted by atomic mass is 35.5. The minimum absolute atomic E-state index is 0.00213. The van der Waals surface area contributed by atoms with Crippen molar-refractivity contribution in [1.82, 2.24) is 9.88 Å². The van der Waals surface area contributed by atoms with Gasteiger partial charge in [0.05, 0.1) is 4.92 Å². The molecular formula is C12H14ClN3O3S. The average Bonchev–Trinajstić information content (AvgIpc) is 2.36. The number of aromatic nitrogens is 1. The second-order valence-corrected chi connectivity index (χ2v) is 7.31. The van der Waals surface area contributed by atoms with Crippen LogP contribution in [0.3, 0.4) is 0 Å². The summed E-state index contributed by atoms with van der Waals surface area (Å²) in [6, 6.07) is 1.26. The first-order chi connectivity index (χ1) is 9.30. The molecule has 0 atom stereocenters. The molecule has 108 valence electrons. The number of thioether (sulfide) groups is 1. The van der Waals surface area contributed by atoms with Crippen molar-refractivity contribution in [3.8, 4) is 0 Å². The number of hydrogen-bond donors (Lipinski definition) is 0. The summed E-state index contributed by atoms with van der Waals surface area (Å²) in [6.07, 6.45) is 1.03. The third-order valence-corrected chi connectivity index (χ3v) is 4.49. The fourth-order valence-electron chi connectivity index (χ4n) is 2.10. The Kier molecular flexibility index (Phi) is 4.19. The van der Waals surface area contributed by atoms with Gasteiger partial charge in [-0.15, -0.1) is 0 Å². The lowest BCUT2D eigenvalue weighted by Crippen LogP contribution is -2.46. The third kappa shape index (κ3) is 3.21. The molecule has 0 aliphatic carbocycles. The fraction of sp³-hybridized carbons (Fsp3) is 0.500. The number of carbonyl (C=O) groups is 1. The van der Waals surface area contributed by atoms with Crippen LogP contribution in [-0.4, -0.2) is 44.3 Å². The van der Waals surface area contributed by atoms with Crippen LogP contribution in [0.25, 0.3) is 0 Å². The smallest absolute Gasteiger partial charge is 0.300 e. The van der Waals surface area contributed by atoms with E-state index in [0.29, 0.717) is 13.1 Å². The molecule has 6 nitrogen and oxygen atoms in total. The van der Waals surface area contributed by atoms with Gasteiger partial charge in [0.1, 0.15) is 16.9 Å². The van der Waals surface area contributed by atoms with Crippen LogP contribution in [0, 0.1) is 10.1 Å². The molecule has 0 aromatic carbocycles. The lowest BCUT2D eigenvalue weighted by Gasteiger charge is -2.37. The van der Waals surface area contributed by atoms with Crippen molar-refractivity contribution in [2.75, 3.05) is 18.8 Å². The molecule has 0 unspecified atom stereocenters. The Bertz CT molecular complexity index is 565. The Hall–Kier alpha value is -1.34. The fourth-order valence-corrected chi connectivity index (χ4v) is 3.37. The van der Waals surface area contributed by atoms with Crippen LogP contribution in [0.2, 0.25) is 5.15 Å². The van der Waals surface area contributed by atoms with Gasteiger partial charge in [0.2, 0.25) is 0 Å². The third-order valence-electron chi connectivity index (χ3n) is 2.99. The van der Waals surface area contributed by atoms with Crippen molar-refractivity contribution in [2.45, 2.75) is 18.6 Å². The number of rotatable bonds is 2. The standard InChI is InChI=1S/C12H14ClN3O3S/c1-12(2)7-15(3-4-20-12)11(17)8-5-10(13)14-6-9(8)16(18)19/h5-6H,3-4,7H2,1-2H3. The molecule has 1 aromatic heterocycles. The van der Waals surface area contributed by atoms with Crippen LogP contribution in [-0.2, 0) is 0 Å². The molecule has 1 aliphatic rings. The summed E-state index contributed by atoms with van der Waals surface area (Å²) < 4.78 is -0.0560. The number of halogens is 1. The van der Waals surface area contributed by atoms with Crippen LogP contribution in [0.5, 0.6) is 0 Å². The molecule has 20 heavy (non-hydrogen) atoms. The van der Waals surface area contributed by atoms with Gasteiger partial charge in [-0.25, -0.2) is 4.98 Å². The van der Waals surface area contributed by atoms with Gasteiger partial charge in [-0.05, 0) is 19.9 Å². The Morgan fingerprint density at radius 2 is 2.30 bits per heavy atom. The van der Waals surface area contributed by atoms with E-state index in [0.717, 1.165) is 11.9 Å². The van der Waals surface area contributed by atoms with E-state index >= 15 is 0 Å². The molecule has 0 N–H and O–H groups in total. The predicted molar refractivity (Wildman–Crippen MR) is 78.3 cm³/mol. The number of hydrogen-bond acceptors (Lipinski definition) is 5. The second kappa shape index (κ2) is 5.57. The summed E-state index contributed by atoms with van der Waals surface area (Å²) in [5.74, 6) is 0.445. The van der Waals surface area contributed by atoms with Crippen molar-refractivity contribution in [2.24, 2.45) is 0 Å². The van der Waals surface area contributed by atoms with E-state index in [4.69, 9.17) is 11.6 Å². The average molecular weight is 316 g/mol. The second-order valence-electron chi connectivity index (χ2n) is 5.12. The van der Waals surface area contributed by atoms with Gasteiger partial charge >= 0.3 is 0 Å². The normalized spacial score (nSPS) is 17.9. The van der Waals surface area contributed by atoms with Gasteiger partial charge in [0.25, 0.3) is 11.6 Å². The zero-order valence-electron chi connectivity index (χ0n) is 11.1. The van der Waals surface area contributed by atoms with Gasteiger partial charge in [-0.2, -0.15) is 11.8 Å². The number of nitrogens with zero attached hydrogens (tertiary/aromatic N) is 3. The molecule has 8 heteroatoms. The van der Waals surface area contributed by atoms with E-state index in [1.807, 2.05) is 13.8 Å². The molecule has 1 aromatic rings. The molecule has 0 bridgehead atoms. The Balaban J connectivity index is 2.33. The van der Waals surface area contributed by atoms with E-state index in [9.17, 15) is 14.9 Å². The van der Waals surface area contributed by atoms with E-state index in [2.05, 4.69) is 4.98 Å². The van der Waals surface area contributed by atoms with Crippen LogP contribution < -0.4 is 0 Å². The summed E-state index contributed by atoms with van der Waals surface area (Å²) >= 11 is 7.54. The maximum atomic E-state index is 12.5. The highest BCUT2D eigenvalue weighted by Gasteiger charge is 2.33. The van der Waals surface area contributed by atoms with Crippen LogP contribution in [0.1, 0.15) is 24.2 Å². The SMILES string of the molecule is CC1(C)CN(C(=O)c2cc(Cl)ncc2[N+](=O)[O-])CCS1. The van der Waals surface area contributed by atoms with Crippen LogP contribution >= 0.6 is 23.4 Å².